The first-order valence-corrected chi connectivity index (χ1v) is 20.6. The van der Waals surface area contributed by atoms with E-state index in [2.05, 4.69) is 138 Å². The number of fused-ring (bicyclic) bond motifs is 3. The summed E-state index contributed by atoms with van der Waals surface area (Å²) in [4.78, 5) is 7.43. The van der Waals surface area contributed by atoms with Crippen LogP contribution >= 0.6 is 23.5 Å². The van der Waals surface area contributed by atoms with Gasteiger partial charge < -0.3 is 0 Å². The standard InChI is InChI=1S/C42H44N3OS2Se/c1-5-8-29-44-33-19-10-13-22-36(33)47-39(44)27-25-31-17-16-18-32(26-28-40-43(7-3)35-21-12-15-24-38(35)49-40)41(31)46-42(4)45(30-9-6-2)34-20-11-14-23-37(34)48-42/h5-6,10-15,19-28H,1-2,7-9,16-18,29-30H2,3-4H3/q+1. The van der Waals surface area contributed by atoms with Crippen molar-refractivity contribution >= 4 is 65.3 Å². The van der Waals surface area contributed by atoms with Crippen molar-refractivity contribution < 1.29 is 9.30 Å². The van der Waals surface area contributed by atoms with Crippen molar-refractivity contribution in [3.8, 4) is 0 Å². The molecule has 1 aromatic heterocycles. The van der Waals surface area contributed by atoms with Crippen LogP contribution in [-0.4, -0.2) is 32.7 Å². The van der Waals surface area contributed by atoms with Crippen molar-refractivity contribution in [2.75, 3.05) is 22.9 Å². The van der Waals surface area contributed by atoms with Gasteiger partial charge in [-0.15, -0.1) is 6.58 Å². The zero-order valence-corrected chi connectivity index (χ0v) is 31.8. The van der Waals surface area contributed by atoms with Gasteiger partial charge in [0.2, 0.25) is 0 Å². The molecule has 3 aliphatic rings. The van der Waals surface area contributed by atoms with E-state index in [1.165, 1.54) is 51.7 Å². The maximum atomic E-state index is 7.39. The van der Waals surface area contributed by atoms with Gasteiger partial charge in [-0.25, -0.2) is 0 Å². The summed E-state index contributed by atoms with van der Waals surface area (Å²) in [6.45, 7) is 15.2. The number of hydrogen-bond acceptors (Lipinski definition) is 5. The number of hydrogen-bond donors (Lipinski definition) is 0. The van der Waals surface area contributed by atoms with Crippen LogP contribution in [0.15, 0.2) is 148 Å². The molecule has 1 atom stereocenters. The molecule has 4 nitrogen and oxygen atoms in total. The molecule has 0 amide bonds. The quantitative estimate of drug-likeness (QED) is 0.0814. The molecule has 1 unspecified atom stereocenters. The number of anilines is 2. The third-order valence-electron chi connectivity index (χ3n) is 9.27. The minimum absolute atomic E-state index is 0.280. The van der Waals surface area contributed by atoms with Gasteiger partial charge in [-0.3, -0.25) is 0 Å². The fraction of sp³-hybridized carbons (Fsp3) is 0.262. The van der Waals surface area contributed by atoms with E-state index in [0.29, 0.717) is 0 Å². The van der Waals surface area contributed by atoms with Crippen LogP contribution < -0.4 is 14.4 Å². The summed E-state index contributed by atoms with van der Waals surface area (Å²) >= 11 is 3.95. The molecule has 4 aromatic rings. The molecule has 0 radical (unpaired) electrons. The number of thioether (sulfide) groups is 2. The van der Waals surface area contributed by atoms with Crippen molar-refractivity contribution in [1.29, 1.82) is 0 Å². The molecule has 250 valence electrons. The second-order valence-electron chi connectivity index (χ2n) is 12.5. The molecular formula is C42H44N3OS2Se+. The molecule has 0 spiro atoms. The Bertz CT molecular complexity index is 2010. The van der Waals surface area contributed by atoms with Crippen LogP contribution in [0.2, 0.25) is 0 Å². The number of para-hydroxylation sites is 3. The summed E-state index contributed by atoms with van der Waals surface area (Å²) in [6.07, 6.45) is 18.3. The molecule has 0 fully saturated rings. The topological polar surface area (TPSA) is 19.6 Å². The molecule has 1 aliphatic carbocycles. The van der Waals surface area contributed by atoms with E-state index in [0.717, 1.165) is 57.5 Å². The van der Waals surface area contributed by atoms with E-state index in [4.69, 9.17) is 4.74 Å². The molecule has 0 saturated carbocycles. The molecule has 3 heterocycles. The van der Waals surface area contributed by atoms with Gasteiger partial charge in [0, 0.05) is 0 Å². The first-order valence-electron chi connectivity index (χ1n) is 17.3. The number of rotatable bonds is 12. The van der Waals surface area contributed by atoms with E-state index in [1.54, 1.807) is 0 Å². The number of benzene rings is 3. The van der Waals surface area contributed by atoms with Gasteiger partial charge >= 0.3 is 283 Å². The Hall–Kier alpha value is -3.61. The number of aryl methyl sites for hydroxylation is 1. The number of ether oxygens (including phenoxy) is 1. The Morgan fingerprint density at radius 3 is 2.43 bits per heavy atom. The van der Waals surface area contributed by atoms with Crippen LogP contribution in [0.3, 0.4) is 0 Å². The Morgan fingerprint density at radius 2 is 1.61 bits per heavy atom. The first kappa shape index (κ1) is 33.9. The Morgan fingerprint density at radius 1 is 0.878 bits per heavy atom. The summed E-state index contributed by atoms with van der Waals surface area (Å²) in [7, 11) is 0. The molecule has 2 aliphatic heterocycles. The first-order chi connectivity index (χ1) is 24.0. The van der Waals surface area contributed by atoms with Crippen molar-refractivity contribution in [1.82, 2.24) is 0 Å². The van der Waals surface area contributed by atoms with E-state index in [9.17, 15) is 0 Å². The fourth-order valence-electron chi connectivity index (χ4n) is 6.88. The predicted octanol–water partition coefficient (Wildman–Crippen LogP) is 10.5. The van der Waals surface area contributed by atoms with Crippen LogP contribution in [0.5, 0.6) is 0 Å². The van der Waals surface area contributed by atoms with Crippen LogP contribution in [0.1, 0.15) is 50.5 Å². The van der Waals surface area contributed by atoms with Gasteiger partial charge in [0.25, 0.3) is 0 Å². The van der Waals surface area contributed by atoms with Gasteiger partial charge in [0.1, 0.15) is 0 Å². The van der Waals surface area contributed by atoms with Gasteiger partial charge in [-0.05, 0) is 0 Å². The van der Waals surface area contributed by atoms with Crippen molar-refractivity contribution in [3.05, 3.63) is 143 Å². The van der Waals surface area contributed by atoms with Crippen LogP contribution in [0.4, 0.5) is 11.4 Å². The molecule has 49 heavy (non-hydrogen) atoms. The summed E-state index contributed by atoms with van der Waals surface area (Å²) in [5, 5.41) is 0.661. The van der Waals surface area contributed by atoms with Crippen molar-refractivity contribution in [3.63, 3.8) is 0 Å². The van der Waals surface area contributed by atoms with Gasteiger partial charge in [-0.2, -0.15) is 0 Å². The molecular weight excluding hydrogens is 706 g/mol. The normalized spacial score (nSPS) is 20.5. The van der Waals surface area contributed by atoms with E-state index >= 15 is 0 Å². The van der Waals surface area contributed by atoms with Gasteiger partial charge in [0.05, 0.1) is 0 Å². The monoisotopic (exact) mass is 750 g/mol. The third-order valence-corrected chi connectivity index (χ3v) is 14.0. The Kier molecular flexibility index (Phi) is 10.4. The maximum absolute atomic E-state index is 7.39. The third kappa shape index (κ3) is 6.92. The summed E-state index contributed by atoms with van der Waals surface area (Å²) < 4.78 is 12.7. The number of allylic oxidation sites excluding steroid dienone is 5. The van der Waals surface area contributed by atoms with Gasteiger partial charge in [0.15, 0.2) is 0 Å². The van der Waals surface area contributed by atoms with E-state index in [1.807, 2.05) is 35.7 Å². The Balaban J connectivity index is 1.30. The van der Waals surface area contributed by atoms with Crippen molar-refractivity contribution in [2.45, 2.75) is 67.3 Å². The second-order valence-corrected chi connectivity index (χ2v) is 17.2. The van der Waals surface area contributed by atoms with Gasteiger partial charge in [-0.1, -0.05) is 18.2 Å². The molecule has 0 saturated heterocycles. The zero-order valence-electron chi connectivity index (χ0n) is 28.4. The average Bonchev–Trinajstić information content (AvgIpc) is 3.76. The number of aromatic nitrogens is 1. The SMILES string of the molecule is C=CCCN1C(=CC=C2CCCC(C=Cc3[se]c4ccccc4[n+]3CC)=C2OC2(C)Sc3ccccc3N2CCC=C)Sc2ccccc21. The molecule has 7 rings (SSSR count). The zero-order chi connectivity index (χ0) is 33.8. The number of nitrogens with zero attached hydrogens (tertiary/aromatic N) is 3. The molecule has 0 N–H and O–H groups in total. The van der Waals surface area contributed by atoms with E-state index < -0.39 is 5.06 Å². The minimum atomic E-state index is -0.588. The van der Waals surface area contributed by atoms with Crippen LogP contribution in [-0.2, 0) is 11.3 Å². The van der Waals surface area contributed by atoms with Crippen LogP contribution in [0, 0.1) is 0 Å². The predicted molar refractivity (Wildman–Crippen MR) is 211 cm³/mol. The van der Waals surface area contributed by atoms with E-state index in [-0.39, 0.29) is 14.5 Å². The molecule has 7 heteroatoms. The average molecular weight is 750 g/mol. The second kappa shape index (κ2) is 15.1. The molecule has 3 aromatic carbocycles. The summed E-state index contributed by atoms with van der Waals surface area (Å²) in [6, 6.07) is 26.3. The van der Waals surface area contributed by atoms with Crippen LogP contribution in [0.25, 0.3) is 15.9 Å². The Labute approximate surface area is 306 Å². The summed E-state index contributed by atoms with van der Waals surface area (Å²) in [5.74, 6) is 1.02. The fourth-order valence-corrected chi connectivity index (χ4v) is 11.6. The van der Waals surface area contributed by atoms with Crippen molar-refractivity contribution in [2.24, 2.45) is 0 Å². The molecule has 0 bridgehead atoms. The summed E-state index contributed by atoms with van der Waals surface area (Å²) in [5.41, 5.74) is 6.40.